The van der Waals surface area contributed by atoms with Crippen LogP contribution >= 0.6 is 0 Å². The Morgan fingerprint density at radius 3 is 2.48 bits per heavy atom. The second kappa shape index (κ2) is 7.99. The fourth-order valence-electron chi connectivity index (χ4n) is 1.71. The van der Waals surface area contributed by atoms with Crippen molar-refractivity contribution in [2.75, 3.05) is 6.61 Å². The highest BCUT2D eigenvalue weighted by Crippen LogP contribution is 2.16. The fourth-order valence-corrected chi connectivity index (χ4v) is 1.71. The summed E-state index contributed by atoms with van der Waals surface area (Å²) in [7, 11) is 0. The second-order valence-electron chi connectivity index (χ2n) is 6.37. The summed E-state index contributed by atoms with van der Waals surface area (Å²) in [5, 5.41) is 10.1. The Labute approximate surface area is 127 Å². The highest BCUT2D eigenvalue weighted by molar-refractivity contribution is 5.75. The van der Waals surface area contributed by atoms with Gasteiger partial charge in [0.15, 0.2) is 0 Å². The number of aliphatic hydroxyl groups excluding tert-OH is 1. The molecule has 0 saturated heterocycles. The van der Waals surface area contributed by atoms with Gasteiger partial charge in [0.05, 0.1) is 18.1 Å². The standard InChI is InChI=1S/C18H26O3/c1-14(10-11-15-8-6-5-7-9-15)16(19)12-13-21-17(20)18(2,3)4/h5-11,14,16,19H,12-13H2,1-4H3/b11-10+/t14-,16+/m1/s1. The molecule has 21 heavy (non-hydrogen) atoms. The summed E-state index contributed by atoms with van der Waals surface area (Å²) in [6, 6.07) is 9.96. The van der Waals surface area contributed by atoms with Crippen molar-refractivity contribution in [3.63, 3.8) is 0 Å². The third-order valence-corrected chi connectivity index (χ3v) is 3.26. The zero-order chi connectivity index (χ0) is 15.9. The van der Waals surface area contributed by atoms with Gasteiger partial charge >= 0.3 is 5.97 Å². The van der Waals surface area contributed by atoms with E-state index in [1.807, 2.05) is 70.2 Å². The number of aliphatic hydroxyl groups is 1. The maximum Gasteiger partial charge on any atom is 0.311 e. The van der Waals surface area contributed by atoms with Crippen LogP contribution in [0.3, 0.4) is 0 Å². The molecule has 3 heteroatoms. The SMILES string of the molecule is C[C@H](/C=C/c1ccccc1)[C@@H](O)CCOC(=O)C(C)(C)C. The van der Waals surface area contributed by atoms with E-state index in [4.69, 9.17) is 4.74 Å². The summed E-state index contributed by atoms with van der Waals surface area (Å²) in [6.45, 7) is 7.65. The van der Waals surface area contributed by atoms with Crippen LogP contribution < -0.4 is 0 Å². The molecule has 0 radical (unpaired) electrons. The molecule has 3 nitrogen and oxygen atoms in total. The lowest BCUT2D eigenvalue weighted by atomic mass is 9.97. The molecule has 0 unspecified atom stereocenters. The van der Waals surface area contributed by atoms with Crippen LogP contribution in [-0.4, -0.2) is 23.8 Å². The molecule has 0 aliphatic carbocycles. The van der Waals surface area contributed by atoms with E-state index in [1.165, 1.54) is 0 Å². The van der Waals surface area contributed by atoms with Gasteiger partial charge in [-0.2, -0.15) is 0 Å². The summed E-state index contributed by atoms with van der Waals surface area (Å²) in [5.41, 5.74) is 0.611. The molecule has 0 aliphatic heterocycles. The van der Waals surface area contributed by atoms with Crippen LogP contribution in [0.4, 0.5) is 0 Å². The van der Waals surface area contributed by atoms with E-state index in [0.29, 0.717) is 6.42 Å². The van der Waals surface area contributed by atoms with Gasteiger partial charge in [-0.05, 0) is 26.3 Å². The minimum Gasteiger partial charge on any atom is -0.465 e. The van der Waals surface area contributed by atoms with Crippen LogP contribution in [0.5, 0.6) is 0 Å². The molecule has 2 atom stereocenters. The predicted octanol–water partition coefficient (Wildman–Crippen LogP) is 3.68. The Kier molecular flexibility index (Phi) is 6.63. The van der Waals surface area contributed by atoms with Crippen molar-refractivity contribution in [3.05, 3.63) is 42.0 Å². The normalized spacial score (nSPS) is 14.9. The summed E-state index contributed by atoms with van der Waals surface area (Å²) in [6.07, 6.45) is 3.90. The van der Waals surface area contributed by atoms with Gasteiger partial charge in [0.2, 0.25) is 0 Å². The van der Waals surface area contributed by atoms with Gasteiger partial charge in [0, 0.05) is 12.3 Å². The minimum absolute atomic E-state index is 0.0125. The van der Waals surface area contributed by atoms with Crippen LogP contribution in [0, 0.1) is 11.3 Å². The van der Waals surface area contributed by atoms with Crippen LogP contribution in [-0.2, 0) is 9.53 Å². The monoisotopic (exact) mass is 290 g/mol. The van der Waals surface area contributed by atoms with Gasteiger partial charge < -0.3 is 9.84 Å². The van der Waals surface area contributed by atoms with Crippen molar-refractivity contribution < 1.29 is 14.6 Å². The predicted molar refractivity (Wildman–Crippen MR) is 85.7 cm³/mol. The van der Waals surface area contributed by atoms with Gasteiger partial charge in [-0.25, -0.2) is 0 Å². The van der Waals surface area contributed by atoms with Gasteiger partial charge in [0.1, 0.15) is 0 Å². The number of hydrogen-bond donors (Lipinski definition) is 1. The van der Waals surface area contributed by atoms with E-state index < -0.39 is 11.5 Å². The van der Waals surface area contributed by atoms with Gasteiger partial charge in [-0.3, -0.25) is 4.79 Å². The molecule has 116 valence electrons. The lowest BCUT2D eigenvalue weighted by molar-refractivity contribution is -0.153. The average molecular weight is 290 g/mol. The summed E-state index contributed by atoms with van der Waals surface area (Å²) >= 11 is 0. The molecule has 0 amide bonds. The van der Waals surface area contributed by atoms with E-state index in [9.17, 15) is 9.90 Å². The Bertz CT molecular complexity index is 457. The number of benzene rings is 1. The molecule has 1 N–H and O–H groups in total. The van der Waals surface area contributed by atoms with E-state index >= 15 is 0 Å². The highest BCUT2D eigenvalue weighted by Gasteiger charge is 2.23. The summed E-state index contributed by atoms with van der Waals surface area (Å²) in [5.74, 6) is -0.222. The van der Waals surface area contributed by atoms with E-state index in [1.54, 1.807) is 0 Å². The maximum absolute atomic E-state index is 11.6. The number of esters is 1. The van der Waals surface area contributed by atoms with Gasteiger partial charge in [-0.15, -0.1) is 0 Å². The first-order chi connectivity index (χ1) is 9.80. The molecule has 1 aromatic rings. The van der Waals surface area contributed by atoms with Crippen molar-refractivity contribution in [1.29, 1.82) is 0 Å². The van der Waals surface area contributed by atoms with Gasteiger partial charge in [-0.1, -0.05) is 49.4 Å². The molecular weight excluding hydrogens is 264 g/mol. The van der Waals surface area contributed by atoms with E-state index in [2.05, 4.69) is 0 Å². The molecular formula is C18H26O3. The molecule has 0 spiro atoms. The first-order valence-electron chi connectivity index (χ1n) is 7.39. The first-order valence-corrected chi connectivity index (χ1v) is 7.39. The number of carbonyl (C=O) groups excluding carboxylic acids is 1. The zero-order valence-corrected chi connectivity index (χ0v) is 13.4. The lowest BCUT2D eigenvalue weighted by Gasteiger charge is -2.19. The highest BCUT2D eigenvalue weighted by atomic mass is 16.5. The molecule has 1 rings (SSSR count). The van der Waals surface area contributed by atoms with Crippen LogP contribution in [0.25, 0.3) is 6.08 Å². The van der Waals surface area contributed by atoms with E-state index in [0.717, 1.165) is 5.56 Å². The number of hydrogen-bond acceptors (Lipinski definition) is 3. The number of carbonyl (C=O) groups is 1. The number of rotatable bonds is 6. The summed E-state index contributed by atoms with van der Waals surface area (Å²) < 4.78 is 5.17. The fraction of sp³-hybridized carbons (Fsp3) is 0.500. The Balaban J connectivity index is 2.36. The van der Waals surface area contributed by atoms with Crippen LogP contribution in [0.2, 0.25) is 0 Å². The molecule has 0 saturated carbocycles. The van der Waals surface area contributed by atoms with Crippen molar-refractivity contribution in [3.8, 4) is 0 Å². The molecule has 1 aromatic carbocycles. The third-order valence-electron chi connectivity index (χ3n) is 3.26. The zero-order valence-electron chi connectivity index (χ0n) is 13.4. The van der Waals surface area contributed by atoms with Crippen molar-refractivity contribution in [2.45, 2.75) is 40.2 Å². The Morgan fingerprint density at radius 2 is 1.90 bits per heavy atom. The minimum atomic E-state index is -0.516. The Morgan fingerprint density at radius 1 is 1.29 bits per heavy atom. The molecule has 0 bridgehead atoms. The largest absolute Gasteiger partial charge is 0.465 e. The quantitative estimate of drug-likeness (QED) is 0.813. The topological polar surface area (TPSA) is 46.5 Å². The maximum atomic E-state index is 11.6. The van der Waals surface area contributed by atoms with Crippen molar-refractivity contribution >= 4 is 12.0 Å². The third kappa shape index (κ3) is 6.58. The first kappa shape index (κ1) is 17.4. The molecule has 0 fully saturated rings. The Hall–Kier alpha value is -1.61. The van der Waals surface area contributed by atoms with Crippen molar-refractivity contribution in [2.24, 2.45) is 11.3 Å². The second-order valence-corrected chi connectivity index (χ2v) is 6.37. The molecule has 0 aromatic heterocycles. The summed E-state index contributed by atoms with van der Waals surface area (Å²) in [4.78, 5) is 11.6. The molecule has 0 aliphatic rings. The molecule has 0 heterocycles. The smallest absolute Gasteiger partial charge is 0.311 e. The van der Waals surface area contributed by atoms with Crippen LogP contribution in [0.15, 0.2) is 36.4 Å². The van der Waals surface area contributed by atoms with Crippen molar-refractivity contribution in [1.82, 2.24) is 0 Å². The number of ether oxygens (including phenoxy) is 1. The van der Waals surface area contributed by atoms with Gasteiger partial charge in [0.25, 0.3) is 0 Å². The van der Waals surface area contributed by atoms with E-state index in [-0.39, 0.29) is 18.5 Å². The lowest BCUT2D eigenvalue weighted by Crippen LogP contribution is -2.25. The average Bonchev–Trinajstić information content (AvgIpc) is 2.44. The van der Waals surface area contributed by atoms with Crippen LogP contribution in [0.1, 0.15) is 39.7 Å².